The summed E-state index contributed by atoms with van der Waals surface area (Å²) in [7, 11) is 0. The molecule has 0 amide bonds. The van der Waals surface area contributed by atoms with Gasteiger partial charge in [0.1, 0.15) is 12.4 Å². The first-order valence-corrected chi connectivity index (χ1v) is 10.7. The van der Waals surface area contributed by atoms with Crippen molar-refractivity contribution in [1.29, 1.82) is 0 Å². The lowest BCUT2D eigenvalue weighted by Gasteiger charge is -2.30. The monoisotopic (exact) mass is 394 g/mol. The van der Waals surface area contributed by atoms with Gasteiger partial charge in [-0.1, -0.05) is 24.3 Å². The second kappa shape index (κ2) is 9.95. The molecule has 2 aromatic carbocycles. The minimum atomic E-state index is 0.216. The molecule has 29 heavy (non-hydrogen) atoms. The van der Waals surface area contributed by atoms with Crippen LogP contribution in [0.15, 0.2) is 48.5 Å². The summed E-state index contributed by atoms with van der Waals surface area (Å²) in [5, 5.41) is 10.4. The molecule has 0 saturated heterocycles. The molecule has 3 aromatic rings. The van der Waals surface area contributed by atoms with Crippen LogP contribution in [0.3, 0.4) is 0 Å². The summed E-state index contributed by atoms with van der Waals surface area (Å²) < 4.78 is 6.22. The Labute approximate surface area is 174 Å². The van der Waals surface area contributed by atoms with Gasteiger partial charge in [0.05, 0.1) is 5.69 Å². The van der Waals surface area contributed by atoms with Gasteiger partial charge >= 0.3 is 0 Å². The summed E-state index contributed by atoms with van der Waals surface area (Å²) in [5.74, 6) is 0.906. The predicted octanol–water partition coefficient (Wildman–Crippen LogP) is 5.26. The maximum absolute atomic E-state index is 9.18. The third-order valence-electron chi connectivity index (χ3n) is 5.47. The summed E-state index contributed by atoms with van der Waals surface area (Å²) >= 11 is 0. The SMILES string of the molecule is CC(C)N(CCOc1ccccc1-c1cc2c(CCCO)cccc2[nH]1)C(C)C. The second-order valence-electron chi connectivity index (χ2n) is 8.16. The number of aliphatic hydroxyl groups excluding tert-OH is 1. The lowest BCUT2D eigenvalue weighted by atomic mass is 10.0. The maximum Gasteiger partial charge on any atom is 0.128 e. The van der Waals surface area contributed by atoms with E-state index in [4.69, 9.17) is 4.74 Å². The molecular formula is C25H34N2O2. The van der Waals surface area contributed by atoms with Gasteiger partial charge < -0.3 is 14.8 Å². The first kappa shape index (κ1) is 21.4. The van der Waals surface area contributed by atoms with Crippen molar-refractivity contribution in [3.8, 4) is 17.0 Å². The number of aryl methyl sites for hydroxylation is 1. The van der Waals surface area contributed by atoms with Gasteiger partial charge in [0.2, 0.25) is 0 Å². The quantitative estimate of drug-likeness (QED) is 0.493. The Balaban J connectivity index is 1.81. The fourth-order valence-corrected chi connectivity index (χ4v) is 4.04. The van der Waals surface area contributed by atoms with Gasteiger partial charge in [-0.25, -0.2) is 0 Å². The molecule has 0 radical (unpaired) electrons. The topological polar surface area (TPSA) is 48.5 Å². The van der Waals surface area contributed by atoms with Crippen LogP contribution in [-0.4, -0.2) is 46.8 Å². The third-order valence-corrected chi connectivity index (χ3v) is 5.47. The summed E-state index contributed by atoms with van der Waals surface area (Å²) in [6.07, 6.45) is 1.66. The van der Waals surface area contributed by atoms with Crippen molar-refractivity contribution in [1.82, 2.24) is 9.88 Å². The normalized spacial score (nSPS) is 11.9. The molecule has 0 aliphatic heterocycles. The highest BCUT2D eigenvalue weighted by Gasteiger charge is 2.15. The van der Waals surface area contributed by atoms with E-state index in [1.54, 1.807) is 0 Å². The van der Waals surface area contributed by atoms with Crippen LogP contribution in [-0.2, 0) is 6.42 Å². The van der Waals surface area contributed by atoms with Crippen molar-refractivity contribution in [3.05, 3.63) is 54.1 Å². The number of hydrogen-bond acceptors (Lipinski definition) is 3. The molecule has 1 aromatic heterocycles. The van der Waals surface area contributed by atoms with Crippen LogP contribution < -0.4 is 4.74 Å². The Bertz CT molecular complexity index is 906. The Morgan fingerprint density at radius 2 is 1.76 bits per heavy atom. The molecule has 0 atom stereocenters. The average molecular weight is 395 g/mol. The lowest BCUT2D eigenvalue weighted by molar-refractivity contribution is 0.142. The Morgan fingerprint density at radius 1 is 1.00 bits per heavy atom. The van der Waals surface area contributed by atoms with Crippen molar-refractivity contribution in [2.24, 2.45) is 0 Å². The number of para-hydroxylation sites is 1. The number of fused-ring (bicyclic) bond motifs is 1. The van der Waals surface area contributed by atoms with Gasteiger partial charge in [-0.05, 0) is 70.4 Å². The zero-order valence-corrected chi connectivity index (χ0v) is 18.1. The fourth-order valence-electron chi connectivity index (χ4n) is 4.04. The maximum atomic E-state index is 9.18. The highest BCUT2D eigenvalue weighted by atomic mass is 16.5. The van der Waals surface area contributed by atoms with Crippen LogP contribution in [0.1, 0.15) is 39.7 Å². The van der Waals surface area contributed by atoms with Crippen LogP contribution in [0.5, 0.6) is 5.75 Å². The summed E-state index contributed by atoms with van der Waals surface area (Å²) in [6.45, 7) is 10.7. The smallest absolute Gasteiger partial charge is 0.128 e. The van der Waals surface area contributed by atoms with Gasteiger partial charge in [-0.2, -0.15) is 0 Å². The van der Waals surface area contributed by atoms with Crippen LogP contribution in [0.2, 0.25) is 0 Å². The van der Waals surface area contributed by atoms with Crippen molar-refractivity contribution in [2.45, 2.75) is 52.6 Å². The molecule has 0 aliphatic rings. The molecule has 0 unspecified atom stereocenters. The minimum Gasteiger partial charge on any atom is -0.492 e. The standard InChI is InChI=1S/C25H34N2O2/c1-18(2)27(19(3)4)14-16-29-25-13-6-5-11-21(25)24-17-22-20(10-8-15-28)9-7-12-23(22)26-24/h5-7,9,11-13,17-19,26,28H,8,10,14-16H2,1-4H3. The van der Waals surface area contributed by atoms with Crippen molar-refractivity contribution >= 4 is 10.9 Å². The van der Waals surface area contributed by atoms with Crippen LogP contribution in [0, 0.1) is 0 Å². The van der Waals surface area contributed by atoms with Gasteiger partial charge in [-0.15, -0.1) is 0 Å². The zero-order valence-electron chi connectivity index (χ0n) is 18.1. The third kappa shape index (κ3) is 5.20. The number of aromatic amines is 1. The van der Waals surface area contributed by atoms with Crippen LogP contribution >= 0.6 is 0 Å². The zero-order chi connectivity index (χ0) is 20.8. The van der Waals surface area contributed by atoms with Crippen LogP contribution in [0.4, 0.5) is 0 Å². The van der Waals surface area contributed by atoms with E-state index in [0.717, 1.165) is 41.9 Å². The van der Waals surface area contributed by atoms with E-state index in [-0.39, 0.29) is 6.61 Å². The van der Waals surface area contributed by atoms with Gasteiger partial charge in [-0.3, -0.25) is 4.90 Å². The number of H-pyrrole nitrogens is 1. The highest BCUT2D eigenvalue weighted by Crippen LogP contribution is 2.33. The number of rotatable bonds is 10. The lowest BCUT2D eigenvalue weighted by Crippen LogP contribution is -2.39. The van der Waals surface area contributed by atoms with E-state index < -0.39 is 0 Å². The van der Waals surface area contributed by atoms with Gasteiger partial charge in [0.25, 0.3) is 0 Å². The van der Waals surface area contributed by atoms with Crippen molar-refractivity contribution < 1.29 is 9.84 Å². The average Bonchev–Trinajstić information content (AvgIpc) is 3.14. The van der Waals surface area contributed by atoms with E-state index in [0.29, 0.717) is 18.7 Å². The van der Waals surface area contributed by atoms with Gasteiger partial charge in [0, 0.05) is 41.7 Å². The summed E-state index contributed by atoms with van der Waals surface area (Å²) in [6, 6.07) is 17.8. The fraction of sp³-hybridized carbons (Fsp3) is 0.440. The number of aliphatic hydroxyl groups is 1. The van der Waals surface area contributed by atoms with Crippen LogP contribution in [0.25, 0.3) is 22.2 Å². The number of hydrogen-bond donors (Lipinski definition) is 2. The van der Waals surface area contributed by atoms with Crippen molar-refractivity contribution in [3.63, 3.8) is 0 Å². The highest BCUT2D eigenvalue weighted by molar-refractivity contribution is 5.89. The molecule has 2 N–H and O–H groups in total. The van der Waals surface area contributed by atoms with E-state index >= 15 is 0 Å². The van der Waals surface area contributed by atoms with Gasteiger partial charge in [0.15, 0.2) is 0 Å². The Kier molecular flexibility index (Phi) is 7.34. The molecule has 0 fully saturated rings. The second-order valence-corrected chi connectivity index (χ2v) is 8.16. The minimum absolute atomic E-state index is 0.216. The van der Waals surface area contributed by atoms with E-state index in [2.05, 4.69) is 74.0 Å². The molecule has 4 heteroatoms. The Morgan fingerprint density at radius 3 is 2.48 bits per heavy atom. The first-order valence-electron chi connectivity index (χ1n) is 10.7. The summed E-state index contributed by atoms with van der Waals surface area (Å²) in [4.78, 5) is 6.00. The molecule has 3 rings (SSSR count). The predicted molar refractivity (Wildman–Crippen MR) is 122 cm³/mol. The number of nitrogens with zero attached hydrogens (tertiary/aromatic N) is 1. The Hall–Kier alpha value is -2.30. The summed E-state index contributed by atoms with van der Waals surface area (Å²) in [5.41, 5.74) is 4.53. The molecule has 0 spiro atoms. The number of aromatic nitrogens is 1. The number of nitrogens with one attached hydrogen (secondary N) is 1. The molecule has 4 nitrogen and oxygen atoms in total. The first-order chi connectivity index (χ1) is 14.0. The molecular weight excluding hydrogens is 360 g/mol. The van der Waals surface area contributed by atoms with Crippen molar-refractivity contribution in [2.75, 3.05) is 19.8 Å². The number of ether oxygens (including phenoxy) is 1. The molecule has 0 saturated carbocycles. The van der Waals surface area contributed by atoms with E-state index in [9.17, 15) is 5.11 Å². The van der Waals surface area contributed by atoms with E-state index in [1.165, 1.54) is 10.9 Å². The molecule has 0 bridgehead atoms. The molecule has 156 valence electrons. The molecule has 0 aliphatic carbocycles. The molecule has 1 heterocycles. The largest absolute Gasteiger partial charge is 0.492 e. The number of benzene rings is 2. The van der Waals surface area contributed by atoms with E-state index in [1.807, 2.05) is 12.1 Å².